The summed E-state index contributed by atoms with van der Waals surface area (Å²) in [5.41, 5.74) is 5.37. The highest BCUT2D eigenvalue weighted by Crippen LogP contribution is 2.01. The van der Waals surface area contributed by atoms with Gasteiger partial charge in [-0.3, -0.25) is 0 Å². The Labute approximate surface area is 63.4 Å². The van der Waals surface area contributed by atoms with E-state index < -0.39 is 12.9 Å². The molecule has 0 bridgehead atoms. The Morgan fingerprint density at radius 3 is 2.45 bits per heavy atom. The molecule has 0 heterocycles. The van der Waals surface area contributed by atoms with Gasteiger partial charge in [0, 0.05) is 11.2 Å². The third-order valence-electron chi connectivity index (χ3n) is 1.30. The maximum absolute atomic E-state index is 12.6. The van der Waals surface area contributed by atoms with Gasteiger partial charge in [-0.05, 0) is 18.2 Å². The van der Waals surface area contributed by atoms with Gasteiger partial charge in [-0.1, -0.05) is 0 Å². The second-order valence-corrected chi connectivity index (χ2v) is 2.15. The third kappa shape index (κ3) is 1.69. The Bertz CT molecular complexity index is 267. The molecular weight excluding hydrogens is 148 g/mol. The zero-order valence-electron chi connectivity index (χ0n) is 5.66. The number of hydrogen-bond acceptors (Lipinski definition) is 3. The van der Waals surface area contributed by atoms with Crippen LogP contribution >= 0.6 is 0 Å². The lowest BCUT2D eigenvalue weighted by atomic mass is 9.80. The van der Waals surface area contributed by atoms with Gasteiger partial charge < -0.3 is 15.8 Å². The molecule has 0 spiro atoms. The summed E-state index contributed by atoms with van der Waals surface area (Å²) in [6, 6.07) is 3.62. The maximum atomic E-state index is 12.6. The zero-order valence-corrected chi connectivity index (χ0v) is 5.66. The van der Waals surface area contributed by atoms with Crippen molar-refractivity contribution in [3.63, 3.8) is 0 Å². The summed E-state index contributed by atoms with van der Waals surface area (Å²) in [5, 5.41) is 17.2. The number of halogens is 1. The predicted octanol–water partition coefficient (Wildman–Crippen LogP) is -0.912. The van der Waals surface area contributed by atoms with Crippen molar-refractivity contribution in [2.75, 3.05) is 5.73 Å². The van der Waals surface area contributed by atoms with Crippen molar-refractivity contribution in [2.24, 2.45) is 0 Å². The third-order valence-corrected chi connectivity index (χ3v) is 1.30. The minimum atomic E-state index is -1.81. The summed E-state index contributed by atoms with van der Waals surface area (Å²) in [6.45, 7) is 0. The molecule has 1 rings (SSSR count). The van der Waals surface area contributed by atoms with Gasteiger partial charge in [0.1, 0.15) is 5.82 Å². The quantitative estimate of drug-likeness (QED) is 0.363. The molecule has 11 heavy (non-hydrogen) atoms. The van der Waals surface area contributed by atoms with Gasteiger partial charge in [0.15, 0.2) is 0 Å². The van der Waals surface area contributed by atoms with Crippen LogP contribution in [-0.2, 0) is 0 Å². The first-order valence-electron chi connectivity index (χ1n) is 3.02. The van der Waals surface area contributed by atoms with Crippen molar-refractivity contribution in [1.29, 1.82) is 0 Å². The fraction of sp³-hybridized carbons (Fsp3) is 0. The first kappa shape index (κ1) is 8.04. The van der Waals surface area contributed by atoms with E-state index in [0.717, 1.165) is 6.07 Å². The van der Waals surface area contributed by atoms with E-state index in [1.54, 1.807) is 0 Å². The van der Waals surface area contributed by atoms with E-state index in [0.29, 0.717) is 5.69 Å². The van der Waals surface area contributed by atoms with E-state index in [4.69, 9.17) is 15.8 Å². The molecule has 3 nitrogen and oxygen atoms in total. The first-order chi connectivity index (χ1) is 5.11. The predicted molar refractivity (Wildman–Crippen MR) is 40.6 cm³/mol. The van der Waals surface area contributed by atoms with Crippen molar-refractivity contribution in [3.8, 4) is 0 Å². The van der Waals surface area contributed by atoms with Crippen LogP contribution in [0.3, 0.4) is 0 Å². The van der Waals surface area contributed by atoms with E-state index in [9.17, 15) is 4.39 Å². The van der Waals surface area contributed by atoms with Crippen molar-refractivity contribution >= 4 is 18.3 Å². The van der Waals surface area contributed by atoms with Crippen LogP contribution in [0.15, 0.2) is 18.2 Å². The molecule has 4 N–H and O–H groups in total. The van der Waals surface area contributed by atoms with E-state index in [1.165, 1.54) is 12.1 Å². The molecule has 0 fully saturated rings. The Morgan fingerprint density at radius 1 is 1.36 bits per heavy atom. The number of nitrogens with two attached hydrogens (primary N) is 1. The lowest BCUT2D eigenvalue weighted by Gasteiger charge is -2.01. The monoisotopic (exact) mass is 155 g/mol. The Balaban J connectivity index is 3.13. The Hall–Kier alpha value is -1.07. The smallest absolute Gasteiger partial charge is 0.423 e. The topological polar surface area (TPSA) is 66.5 Å². The SMILES string of the molecule is Nc1ccc(F)c(B(O)O)c1. The minimum Gasteiger partial charge on any atom is -0.423 e. The van der Waals surface area contributed by atoms with Crippen molar-refractivity contribution in [3.05, 3.63) is 24.0 Å². The average Bonchev–Trinajstić information content (AvgIpc) is 1.94. The molecule has 0 atom stereocenters. The summed E-state index contributed by atoms with van der Waals surface area (Å²) in [5.74, 6) is -0.672. The van der Waals surface area contributed by atoms with E-state index in [-0.39, 0.29) is 5.46 Å². The van der Waals surface area contributed by atoms with Gasteiger partial charge in [-0.25, -0.2) is 4.39 Å². The van der Waals surface area contributed by atoms with Gasteiger partial charge in [0.2, 0.25) is 0 Å². The fourth-order valence-electron chi connectivity index (χ4n) is 0.760. The Morgan fingerprint density at radius 2 is 2.00 bits per heavy atom. The summed E-state index contributed by atoms with van der Waals surface area (Å²) >= 11 is 0. The molecule has 0 aliphatic heterocycles. The van der Waals surface area contributed by atoms with Crippen LogP contribution in [0.25, 0.3) is 0 Å². The van der Waals surface area contributed by atoms with Crippen LogP contribution in [0.4, 0.5) is 10.1 Å². The molecule has 0 aliphatic rings. The molecule has 1 aromatic carbocycles. The zero-order chi connectivity index (χ0) is 8.43. The molecule has 58 valence electrons. The van der Waals surface area contributed by atoms with Crippen LogP contribution in [-0.4, -0.2) is 17.2 Å². The number of benzene rings is 1. The van der Waals surface area contributed by atoms with E-state index >= 15 is 0 Å². The van der Waals surface area contributed by atoms with Crippen LogP contribution < -0.4 is 11.2 Å². The highest BCUT2D eigenvalue weighted by atomic mass is 19.1. The first-order valence-corrected chi connectivity index (χ1v) is 3.02. The average molecular weight is 155 g/mol. The standard InChI is InChI=1S/C6H7BFNO2/c8-6-2-1-4(9)3-5(6)7(10)11/h1-3,10-11H,9H2. The summed E-state index contributed by atoms with van der Waals surface area (Å²) in [7, 11) is -1.81. The minimum absolute atomic E-state index is 0.204. The second-order valence-electron chi connectivity index (χ2n) is 2.15. The van der Waals surface area contributed by atoms with Gasteiger partial charge in [-0.2, -0.15) is 0 Å². The number of anilines is 1. The molecule has 0 aromatic heterocycles. The van der Waals surface area contributed by atoms with Gasteiger partial charge >= 0.3 is 7.12 Å². The maximum Gasteiger partial charge on any atom is 0.491 e. The normalized spacial score (nSPS) is 9.73. The van der Waals surface area contributed by atoms with Crippen LogP contribution in [0.5, 0.6) is 0 Å². The molecule has 5 heteroatoms. The molecule has 0 unspecified atom stereocenters. The summed E-state index contributed by atoms with van der Waals surface area (Å²) < 4.78 is 12.6. The Kier molecular flexibility index (Phi) is 2.12. The molecule has 0 saturated carbocycles. The molecule has 0 saturated heterocycles. The largest absolute Gasteiger partial charge is 0.491 e. The molecule has 0 amide bonds. The fourth-order valence-corrected chi connectivity index (χ4v) is 0.760. The molecule has 0 radical (unpaired) electrons. The number of rotatable bonds is 1. The summed E-state index contributed by atoms with van der Waals surface area (Å²) in [6.07, 6.45) is 0. The van der Waals surface area contributed by atoms with E-state index in [2.05, 4.69) is 0 Å². The molecular formula is C6H7BFNO2. The highest BCUT2D eigenvalue weighted by Gasteiger charge is 2.15. The van der Waals surface area contributed by atoms with Gasteiger partial charge in [0.05, 0.1) is 0 Å². The lowest BCUT2D eigenvalue weighted by molar-refractivity contribution is 0.423. The van der Waals surface area contributed by atoms with E-state index in [1.807, 2.05) is 0 Å². The van der Waals surface area contributed by atoms with Crippen molar-refractivity contribution in [2.45, 2.75) is 0 Å². The van der Waals surface area contributed by atoms with Crippen LogP contribution in [0.2, 0.25) is 0 Å². The number of hydrogen-bond donors (Lipinski definition) is 3. The summed E-state index contributed by atoms with van der Waals surface area (Å²) in [4.78, 5) is 0. The molecule has 1 aromatic rings. The second kappa shape index (κ2) is 2.90. The van der Waals surface area contributed by atoms with Crippen LogP contribution in [0, 0.1) is 5.82 Å². The van der Waals surface area contributed by atoms with Crippen LogP contribution in [0.1, 0.15) is 0 Å². The molecule has 0 aliphatic carbocycles. The number of nitrogen functional groups attached to an aromatic ring is 1. The lowest BCUT2D eigenvalue weighted by Crippen LogP contribution is -2.32. The highest BCUT2D eigenvalue weighted by molar-refractivity contribution is 6.58. The van der Waals surface area contributed by atoms with Crippen molar-refractivity contribution < 1.29 is 14.4 Å². The van der Waals surface area contributed by atoms with Gasteiger partial charge in [-0.15, -0.1) is 0 Å². The van der Waals surface area contributed by atoms with Gasteiger partial charge in [0.25, 0.3) is 0 Å². The van der Waals surface area contributed by atoms with Crippen molar-refractivity contribution in [1.82, 2.24) is 0 Å².